The molecule has 0 saturated heterocycles. The number of aliphatic hydroxyl groups is 1. The molecule has 21 heavy (non-hydrogen) atoms. The summed E-state index contributed by atoms with van der Waals surface area (Å²) >= 11 is 0. The van der Waals surface area contributed by atoms with Gasteiger partial charge in [0.2, 0.25) is 0 Å². The summed E-state index contributed by atoms with van der Waals surface area (Å²) in [6, 6.07) is 1.43. The summed E-state index contributed by atoms with van der Waals surface area (Å²) < 4.78 is 0. The molecule has 2 atom stereocenters. The van der Waals surface area contributed by atoms with E-state index in [-0.39, 0.29) is 0 Å². The van der Waals surface area contributed by atoms with Crippen LogP contribution in [0.25, 0.3) is 0 Å². The summed E-state index contributed by atoms with van der Waals surface area (Å²) in [6.45, 7) is 5.71. The molecule has 0 aromatic heterocycles. The van der Waals surface area contributed by atoms with Crippen LogP contribution < -0.4 is 5.32 Å². The van der Waals surface area contributed by atoms with Crippen LogP contribution in [0.15, 0.2) is 0 Å². The van der Waals surface area contributed by atoms with Crippen LogP contribution in [0.1, 0.15) is 71.1 Å². The molecule has 3 nitrogen and oxygen atoms in total. The van der Waals surface area contributed by atoms with Crippen molar-refractivity contribution in [1.29, 1.82) is 0 Å². The molecule has 2 fully saturated rings. The fourth-order valence-corrected chi connectivity index (χ4v) is 4.43. The zero-order chi connectivity index (χ0) is 14.9. The molecule has 2 aliphatic rings. The number of rotatable bonds is 7. The monoisotopic (exact) mass is 296 g/mol. The van der Waals surface area contributed by atoms with E-state index in [1.807, 2.05) is 0 Å². The maximum Gasteiger partial charge on any atom is 0.0558 e. The molecule has 0 amide bonds. The maximum absolute atomic E-state index is 9.46. The van der Waals surface area contributed by atoms with Crippen LogP contribution in [0.5, 0.6) is 0 Å². The zero-order valence-corrected chi connectivity index (χ0v) is 14.0. The van der Waals surface area contributed by atoms with Gasteiger partial charge in [0, 0.05) is 25.2 Å². The summed E-state index contributed by atoms with van der Waals surface area (Å²) in [4.78, 5) is 2.62. The Hall–Kier alpha value is -0.120. The van der Waals surface area contributed by atoms with Gasteiger partial charge < -0.3 is 10.4 Å². The fraction of sp³-hybridized carbons (Fsp3) is 1.00. The van der Waals surface area contributed by atoms with Gasteiger partial charge in [-0.3, -0.25) is 4.90 Å². The van der Waals surface area contributed by atoms with Crippen molar-refractivity contribution in [1.82, 2.24) is 10.2 Å². The second-order valence-electron chi connectivity index (χ2n) is 7.07. The first-order chi connectivity index (χ1) is 10.3. The highest BCUT2D eigenvalue weighted by Crippen LogP contribution is 2.28. The number of hydrogen-bond donors (Lipinski definition) is 2. The highest BCUT2D eigenvalue weighted by atomic mass is 16.3. The number of nitrogens with one attached hydrogen (secondary N) is 1. The van der Waals surface area contributed by atoms with E-state index in [4.69, 9.17) is 0 Å². The average molecular weight is 296 g/mol. The predicted octanol–water partition coefficient (Wildman–Crippen LogP) is 3.17. The molecule has 2 saturated carbocycles. The molecule has 0 aliphatic heterocycles. The second-order valence-corrected chi connectivity index (χ2v) is 7.07. The van der Waals surface area contributed by atoms with Gasteiger partial charge in [0.25, 0.3) is 0 Å². The first kappa shape index (κ1) is 17.2. The molecule has 0 radical (unpaired) electrons. The van der Waals surface area contributed by atoms with Gasteiger partial charge in [-0.15, -0.1) is 0 Å². The van der Waals surface area contributed by atoms with Crippen molar-refractivity contribution >= 4 is 0 Å². The van der Waals surface area contributed by atoms with E-state index in [1.54, 1.807) is 0 Å². The molecule has 2 unspecified atom stereocenters. The Morgan fingerprint density at radius 2 is 1.62 bits per heavy atom. The topological polar surface area (TPSA) is 35.5 Å². The predicted molar refractivity (Wildman–Crippen MR) is 89.6 cm³/mol. The Morgan fingerprint density at radius 3 is 2.29 bits per heavy atom. The molecule has 2 aliphatic carbocycles. The minimum Gasteiger partial charge on any atom is -0.395 e. The van der Waals surface area contributed by atoms with Gasteiger partial charge in [-0.1, -0.05) is 45.4 Å². The third-order valence-electron chi connectivity index (χ3n) is 5.57. The lowest BCUT2D eigenvalue weighted by Crippen LogP contribution is -2.46. The third kappa shape index (κ3) is 5.54. The van der Waals surface area contributed by atoms with Crippen LogP contribution in [0.4, 0.5) is 0 Å². The zero-order valence-electron chi connectivity index (χ0n) is 14.0. The van der Waals surface area contributed by atoms with Crippen LogP contribution in [0.2, 0.25) is 0 Å². The van der Waals surface area contributed by atoms with Crippen molar-refractivity contribution < 1.29 is 5.11 Å². The van der Waals surface area contributed by atoms with E-state index in [0.717, 1.165) is 25.0 Å². The SMILES string of the molecule is CCNC1CCCCCC1CN(CCO)C1CCCCC1. The summed E-state index contributed by atoms with van der Waals surface area (Å²) in [6.07, 6.45) is 13.8. The molecule has 0 bridgehead atoms. The van der Waals surface area contributed by atoms with Gasteiger partial charge in [-0.2, -0.15) is 0 Å². The first-order valence-corrected chi connectivity index (χ1v) is 9.43. The Kier molecular flexibility index (Phi) is 8.05. The van der Waals surface area contributed by atoms with Crippen molar-refractivity contribution in [2.75, 3.05) is 26.2 Å². The van der Waals surface area contributed by atoms with Gasteiger partial charge in [-0.05, 0) is 38.1 Å². The van der Waals surface area contributed by atoms with Crippen molar-refractivity contribution in [2.24, 2.45) is 5.92 Å². The molecule has 0 spiro atoms. The minimum atomic E-state index is 0.315. The molecular weight excluding hydrogens is 260 g/mol. The van der Waals surface area contributed by atoms with Gasteiger partial charge >= 0.3 is 0 Å². The van der Waals surface area contributed by atoms with E-state index in [2.05, 4.69) is 17.1 Å². The number of hydrogen-bond acceptors (Lipinski definition) is 3. The minimum absolute atomic E-state index is 0.315. The smallest absolute Gasteiger partial charge is 0.0558 e. The summed E-state index contributed by atoms with van der Waals surface area (Å²) in [5, 5.41) is 13.2. The quantitative estimate of drug-likeness (QED) is 0.708. The van der Waals surface area contributed by atoms with Crippen molar-refractivity contribution in [3.05, 3.63) is 0 Å². The van der Waals surface area contributed by atoms with E-state index in [1.165, 1.54) is 70.8 Å². The fourth-order valence-electron chi connectivity index (χ4n) is 4.43. The summed E-state index contributed by atoms with van der Waals surface area (Å²) in [5.41, 5.74) is 0. The van der Waals surface area contributed by atoms with Gasteiger partial charge in [0.15, 0.2) is 0 Å². The average Bonchev–Trinajstić information content (AvgIpc) is 2.74. The highest BCUT2D eigenvalue weighted by molar-refractivity contribution is 4.84. The maximum atomic E-state index is 9.46. The van der Waals surface area contributed by atoms with Crippen LogP contribution in [-0.4, -0.2) is 48.3 Å². The summed E-state index contributed by atoms with van der Waals surface area (Å²) in [5.74, 6) is 0.779. The van der Waals surface area contributed by atoms with Gasteiger partial charge in [-0.25, -0.2) is 0 Å². The Balaban J connectivity index is 1.94. The second kappa shape index (κ2) is 9.81. The number of aliphatic hydroxyl groups excluding tert-OH is 1. The van der Waals surface area contributed by atoms with Crippen molar-refractivity contribution in [3.63, 3.8) is 0 Å². The molecule has 2 N–H and O–H groups in total. The largest absolute Gasteiger partial charge is 0.395 e. The lowest BCUT2D eigenvalue weighted by molar-refractivity contribution is 0.0950. The van der Waals surface area contributed by atoms with Crippen LogP contribution in [-0.2, 0) is 0 Å². The van der Waals surface area contributed by atoms with E-state index < -0.39 is 0 Å². The van der Waals surface area contributed by atoms with E-state index in [0.29, 0.717) is 12.6 Å². The van der Waals surface area contributed by atoms with Crippen LogP contribution in [0.3, 0.4) is 0 Å². The Bertz CT molecular complexity index is 266. The van der Waals surface area contributed by atoms with Gasteiger partial charge in [0.05, 0.1) is 6.61 Å². The Labute approximate surface area is 131 Å². The summed E-state index contributed by atoms with van der Waals surface area (Å²) in [7, 11) is 0. The van der Waals surface area contributed by atoms with E-state index in [9.17, 15) is 5.11 Å². The number of nitrogens with zero attached hydrogens (tertiary/aromatic N) is 1. The lowest BCUT2D eigenvalue weighted by atomic mass is 9.90. The highest BCUT2D eigenvalue weighted by Gasteiger charge is 2.28. The molecular formula is C18H36N2O. The van der Waals surface area contributed by atoms with Gasteiger partial charge in [0.1, 0.15) is 0 Å². The molecule has 0 aromatic carbocycles. The van der Waals surface area contributed by atoms with E-state index >= 15 is 0 Å². The lowest BCUT2D eigenvalue weighted by Gasteiger charge is -2.38. The molecule has 0 aromatic rings. The molecule has 0 heterocycles. The van der Waals surface area contributed by atoms with Crippen LogP contribution in [0, 0.1) is 5.92 Å². The third-order valence-corrected chi connectivity index (χ3v) is 5.57. The standard InChI is InChI=1S/C18H36N2O/c1-2-19-18-12-8-3-5-9-16(18)15-20(13-14-21)17-10-6-4-7-11-17/h16-19,21H,2-15H2,1H3. The Morgan fingerprint density at radius 1 is 0.952 bits per heavy atom. The normalized spacial score (nSPS) is 28.7. The first-order valence-electron chi connectivity index (χ1n) is 9.43. The van der Waals surface area contributed by atoms with Crippen molar-refractivity contribution in [3.8, 4) is 0 Å². The molecule has 2 rings (SSSR count). The van der Waals surface area contributed by atoms with Crippen molar-refractivity contribution in [2.45, 2.75) is 83.2 Å². The molecule has 124 valence electrons. The van der Waals surface area contributed by atoms with Crippen LogP contribution >= 0.6 is 0 Å². The molecule has 3 heteroatoms.